The zero-order valence-electron chi connectivity index (χ0n) is 24.2. The number of rotatable bonds is 11. The lowest BCUT2D eigenvalue weighted by atomic mass is 9.96. The van der Waals surface area contributed by atoms with E-state index >= 15 is 0 Å². The molecule has 11 heteroatoms. The van der Waals surface area contributed by atoms with E-state index in [0.717, 1.165) is 32.1 Å². The van der Waals surface area contributed by atoms with Crippen LogP contribution in [0, 0.1) is 5.82 Å². The number of carbonyl (C=O) groups is 1. The monoisotopic (exact) mass is 629 g/mol. The Morgan fingerprint density at radius 1 is 0.977 bits per heavy atom. The van der Waals surface area contributed by atoms with Crippen LogP contribution in [0.15, 0.2) is 71.6 Å². The summed E-state index contributed by atoms with van der Waals surface area (Å²) in [4.78, 5) is 12.9. The van der Waals surface area contributed by atoms with Crippen molar-refractivity contribution < 1.29 is 26.8 Å². The van der Waals surface area contributed by atoms with E-state index in [9.17, 15) is 17.6 Å². The van der Waals surface area contributed by atoms with Crippen molar-refractivity contribution >= 4 is 33.2 Å². The molecule has 0 aromatic heterocycles. The van der Waals surface area contributed by atoms with Gasteiger partial charge in [0, 0.05) is 44.5 Å². The molecule has 2 aliphatic heterocycles. The highest BCUT2D eigenvalue weighted by Crippen LogP contribution is 2.35. The summed E-state index contributed by atoms with van der Waals surface area (Å²) >= 11 is 6.08. The Labute approximate surface area is 258 Å². The van der Waals surface area contributed by atoms with E-state index in [1.54, 1.807) is 24.3 Å². The van der Waals surface area contributed by atoms with E-state index in [0.29, 0.717) is 18.2 Å². The zero-order chi connectivity index (χ0) is 30.3. The predicted molar refractivity (Wildman–Crippen MR) is 167 cm³/mol. The summed E-state index contributed by atoms with van der Waals surface area (Å²) in [5, 5.41) is 6.56. The van der Waals surface area contributed by atoms with Crippen LogP contribution in [0.25, 0.3) is 0 Å². The van der Waals surface area contributed by atoms with Crippen LogP contribution in [0.1, 0.15) is 48.9 Å². The fraction of sp³-hybridized carbons (Fsp3) is 0.406. The average molecular weight is 630 g/mol. The Kier molecular flexibility index (Phi) is 10.2. The summed E-state index contributed by atoms with van der Waals surface area (Å²) in [7, 11) is -4.00. The van der Waals surface area contributed by atoms with Crippen molar-refractivity contribution in [3.63, 3.8) is 0 Å². The molecule has 0 aliphatic carbocycles. The molecule has 43 heavy (non-hydrogen) atoms. The van der Waals surface area contributed by atoms with Gasteiger partial charge in [0.2, 0.25) is 0 Å². The number of hydrogen-bond donors (Lipinski definition) is 3. The number of amides is 1. The molecule has 0 atom stereocenters. The SMILES string of the molecule is O=C(NCCC[N+]1(C2CCNCC2)CCCCC1)c1ccc(S(=O)(=O)Nc2ccccc2Oc2ccc(F)cc2Cl)cc1. The standard InChI is InChI=1S/C32H38ClFN4O4S/c33-28-23-25(34)11-14-30(28)42-31-8-3-2-7-29(31)37-43(40,41)27-12-9-24(10-13-27)32(39)36-17-6-22-38(20-4-1-5-21-38)26-15-18-35-19-16-26/h2-3,7-14,23,26,35,37H,1,4-6,15-22H2/p+1. The second-order valence-electron chi connectivity index (χ2n) is 11.3. The molecule has 2 saturated heterocycles. The number of hydrogen-bond acceptors (Lipinski definition) is 5. The molecule has 2 fully saturated rings. The van der Waals surface area contributed by atoms with Gasteiger partial charge in [0.1, 0.15) is 11.6 Å². The Hall–Kier alpha value is -3.18. The number of carbonyl (C=O) groups excluding carboxylic acids is 1. The number of anilines is 1. The highest BCUT2D eigenvalue weighted by molar-refractivity contribution is 7.92. The van der Waals surface area contributed by atoms with Crippen molar-refractivity contribution in [3.05, 3.63) is 83.1 Å². The number of likely N-dealkylation sites (tertiary alicyclic amines) is 1. The molecule has 8 nitrogen and oxygen atoms in total. The van der Waals surface area contributed by atoms with Crippen molar-refractivity contribution in [2.75, 3.05) is 44.0 Å². The number of para-hydroxylation sites is 2. The summed E-state index contributed by atoms with van der Waals surface area (Å²) in [6, 6.07) is 16.7. The lowest BCUT2D eigenvalue weighted by Gasteiger charge is -2.49. The number of halogens is 2. The summed E-state index contributed by atoms with van der Waals surface area (Å²) in [5.41, 5.74) is 0.581. The fourth-order valence-corrected chi connectivity index (χ4v) is 7.55. The molecule has 0 radical (unpaired) electrons. The third-order valence-electron chi connectivity index (χ3n) is 8.53. The molecule has 5 rings (SSSR count). The van der Waals surface area contributed by atoms with E-state index in [2.05, 4.69) is 15.4 Å². The van der Waals surface area contributed by atoms with Crippen LogP contribution in [-0.2, 0) is 10.0 Å². The fourth-order valence-electron chi connectivity index (χ4n) is 6.27. The molecule has 3 aromatic carbocycles. The second kappa shape index (κ2) is 14.1. The van der Waals surface area contributed by atoms with Gasteiger partial charge in [0.05, 0.1) is 41.3 Å². The summed E-state index contributed by atoms with van der Waals surface area (Å²) in [6.45, 7) is 6.31. The van der Waals surface area contributed by atoms with Crippen LogP contribution < -0.4 is 20.1 Å². The summed E-state index contributed by atoms with van der Waals surface area (Å²) in [6.07, 6.45) is 7.23. The van der Waals surface area contributed by atoms with E-state index in [1.165, 1.54) is 86.1 Å². The van der Waals surface area contributed by atoms with Gasteiger partial charge < -0.3 is 19.9 Å². The molecule has 2 aliphatic rings. The van der Waals surface area contributed by atoms with E-state index in [-0.39, 0.29) is 33.0 Å². The van der Waals surface area contributed by atoms with Crippen molar-refractivity contribution in [2.24, 2.45) is 0 Å². The number of nitrogens with zero attached hydrogens (tertiary/aromatic N) is 1. The van der Waals surface area contributed by atoms with Gasteiger partial charge >= 0.3 is 0 Å². The molecule has 3 aromatic rings. The largest absolute Gasteiger partial charge is 0.454 e. The zero-order valence-corrected chi connectivity index (χ0v) is 25.7. The van der Waals surface area contributed by atoms with Gasteiger partial charge in [-0.05, 0) is 73.9 Å². The molecular formula is C32H39ClFN4O4S+. The van der Waals surface area contributed by atoms with Crippen LogP contribution >= 0.6 is 11.6 Å². The normalized spacial score (nSPS) is 17.3. The minimum Gasteiger partial charge on any atom is -0.454 e. The maximum absolute atomic E-state index is 13.4. The van der Waals surface area contributed by atoms with Gasteiger partial charge in [-0.25, -0.2) is 12.8 Å². The summed E-state index contributed by atoms with van der Waals surface area (Å²) < 4.78 is 49.2. The number of quaternary nitrogens is 1. The highest BCUT2D eigenvalue weighted by atomic mass is 35.5. The average Bonchev–Trinajstić information content (AvgIpc) is 3.02. The highest BCUT2D eigenvalue weighted by Gasteiger charge is 2.38. The minimum absolute atomic E-state index is 0.00261. The minimum atomic E-state index is -4.00. The number of ether oxygens (including phenoxy) is 1. The van der Waals surface area contributed by atoms with Crippen LogP contribution in [0.4, 0.5) is 10.1 Å². The third kappa shape index (κ3) is 7.86. The van der Waals surface area contributed by atoms with Crippen molar-refractivity contribution in [3.8, 4) is 11.5 Å². The first-order valence-corrected chi connectivity index (χ1v) is 16.8. The van der Waals surface area contributed by atoms with Crippen LogP contribution in [0.2, 0.25) is 5.02 Å². The number of sulfonamides is 1. The quantitative estimate of drug-likeness (QED) is 0.180. The Balaban J connectivity index is 1.17. The van der Waals surface area contributed by atoms with E-state index in [1.807, 2.05) is 0 Å². The molecule has 1 amide bonds. The molecular weight excluding hydrogens is 591 g/mol. The van der Waals surface area contributed by atoms with Crippen molar-refractivity contribution in [1.82, 2.24) is 10.6 Å². The number of piperidine rings is 2. The van der Waals surface area contributed by atoms with Crippen LogP contribution in [-0.4, -0.2) is 64.1 Å². The Bertz CT molecular complexity index is 1510. The topological polar surface area (TPSA) is 96.5 Å². The molecule has 0 spiro atoms. The maximum Gasteiger partial charge on any atom is 0.262 e. The van der Waals surface area contributed by atoms with Gasteiger partial charge in [-0.3, -0.25) is 9.52 Å². The first-order chi connectivity index (χ1) is 20.8. The second-order valence-corrected chi connectivity index (χ2v) is 13.4. The first kappa shape index (κ1) is 31.3. The molecule has 0 bridgehead atoms. The third-order valence-corrected chi connectivity index (χ3v) is 10.2. The molecule has 0 saturated carbocycles. The first-order valence-electron chi connectivity index (χ1n) is 15.0. The Morgan fingerprint density at radius 2 is 1.70 bits per heavy atom. The molecule has 3 N–H and O–H groups in total. The molecule has 0 unspecified atom stereocenters. The number of nitrogens with one attached hydrogen (secondary N) is 3. The van der Waals surface area contributed by atoms with Crippen LogP contribution in [0.3, 0.4) is 0 Å². The maximum atomic E-state index is 13.4. The van der Waals surface area contributed by atoms with Gasteiger partial charge in [-0.2, -0.15) is 0 Å². The van der Waals surface area contributed by atoms with Crippen molar-refractivity contribution in [1.29, 1.82) is 0 Å². The lowest BCUT2D eigenvalue weighted by Crippen LogP contribution is -2.61. The Morgan fingerprint density at radius 3 is 2.42 bits per heavy atom. The van der Waals surface area contributed by atoms with Gasteiger partial charge in [0.15, 0.2) is 5.75 Å². The lowest BCUT2D eigenvalue weighted by molar-refractivity contribution is -0.956. The van der Waals surface area contributed by atoms with Gasteiger partial charge in [0.25, 0.3) is 15.9 Å². The smallest absolute Gasteiger partial charge is 0.262 e. The summed E-state index contributed by atoms with van der Waals surface area (Å²) in [5.74, 6) is -0.351. The predicted octanol–water partition coefficient (Wildman–Crippen LogP) is 5.94. The van der Waals surface area contributed by atoms with Crippen LogP contribution in [0.5, 0.6) is 11.5 Å². The van der Waals surface area contributed by atoms with E-state index in [4.69, 9.17) is 16.3 Å². The van der Waals surface area contributed by atoms with Gasteiger partial charge in [-0.1, -0.05) is 23.7 Å². The van der Waals surface area contributed by atoms with Gasteiger partial charge in [-0.15, -0.1) is 0 Å². The molecule has 2 heterocycles. The molecule has 230 valence electrons. The van der Waals surface area contributed by atoms with E-state index < -0.39 is 15.8 Å². The number of benzene rings is 3. The van der Waals surface area contributed by atoms with Crippen molar-refractivity contribution in [2.45, 2.75) is 49.5 Å².